The first-order valence-corrected chi connectivity index (χ1v) is 9.29. The zero-order valence-corrected chi connectivity index (χ0v) is 14.7. The van der Waals surface area contributed by atoms with Crippen molar-refractivity contribution in [3.63, 3.8) is 0 Å². The van der Waals surface area contributed by atoms with Crippen molar-refractivity contribution in [2.45, 2.75) is 17.9 Å². The van der Waals surface area contributed by atoms with Gasteiger partial charge in [0.1, 0.15) is 4.38 Å². The van der Waals surface area contributed by atoms with Gasteiger partial charge < -0.3 is 5.32 Å². The summed E-state index contributed by atoms with van der Waals surface area (Å²) in [5.41, 5.74) is 3.36. The van der Waals surface area contributed by atoms with Crippen LogP contribution >= 0.6 is 23.5 Å². The number of carbonyl (C=O) groups is 1. The Kier molecular flexibility index (Phi) is 5.24. The Morgan fingerprint density at radius 1 is 1.33 bits per heavy atom. The van der Waals surface area contributed by atoms with E-state index in [0.717, 1.165) is 15.8 Å². The van der Waals surface area contributed by atoms with Crippen LogP contribution in [0, 0.1) is 11.3 Å². The number of amides is 1. The molecule has 1 aliphatic rings. The molecule has 0 bridgehead atoms. The van der Waals surface area contributed by atoms with Crippen LogP contribution in [0.15, 0.2) is 53.5 Å². The fourth-order valence-corrected chi connectivity index (χ4v) is 4.37. The fourth-order valence-electron chi connectivity index (χ4n) is 2.19. The Labute approximate surface area is 149 Å². The first kappa shape index (κ1) is 16.6. The van der Waals surface area contributed by atoms with Crippen molar-refractivity contribution in [3.05, 3.63) is 59.7 Å². The number of hydrogen-bond acceptors (Lipinski definition) is 5. The number of thioether (sulfide) groups is 2. The summed E-state index contributed by atoms with van der Waals surface area (Å²) in [5, 5.41) is 11.5. The predicted octanol–water partition coefficient (Wildman–Crippen LogP) is 4.55. The molecule has 0 aromatic heterocycles. The number of hydrogen-bond donors (Lipinski definition) is 1. The maximum absolute atomic E-state index is 12.4. The van der Waals surface area contributed by atoms with Crippen molar-refractivity contribution in [1.82, 2.24) is 0 Å². The topological polar surface area (TPSA) is 65.2 Å². The third kappa shape index (κ3) is 3.99. The van der Waals surface area contributed by atoms with E-state index in [0.29, 0.717) is 11.3 Å². The van der Waals surface area contributed by atoms with E-state index < -0.39 is 0 Å². The average Bonchev–Trinajstić information content (AvgIpc) is 2.61. The van der Waals surface area contributed by atoms with Crippen LogP contribution in [-0.2, 0) is 10.5 Å². The van der Waals surface area contributed by atoms with Crippen LogP contribution in [-0.4, -0.2) is 15.5 Å². The average molecular weight is 353 g/mol. The lowest BCUT2D eigenvalue weighted by Crippen LogP contribution is -2.23. The molecule has 0 saturated heterocycles. The van der Waals surface area contributed by atoms with Gasteiger partial charge in [0.05, 0.1) is 22.6 Å². The van der Waals surface area contributed by atoms with Gasteiger partial charge in [-0.25, -0.2) is 4.99 Å². The van der Waals surface area contributed by atoms with E-state index in [1.165, 1.54) is 17.3 Å². The molecular weight excluding hydrogens is 338 g/mol. The van der Waals surface area contributed by atoms with E-state index in [4.69, 9.17) is 5.26 Å². The minimum absolute atomic E-state index is 0.0998. The lowest BCUT2D eigenvalue weighted by Gasteiger charge is -2.17. The van der Waals surface area contributed by atoms with Crippen LogP contribution in [0.3, 0.4) is 0 Å². The van der Waals surface area contributed by atoms with E-state index in [2.05, 4.69) is 22.4 Å². The van der Waals surface area contributed by atoms with Crippen LogP contribution in [0.25, 0.3) is 0 Å². The molecule has 1 amide bonds. The largest absolute Gasteiger partial charge is 0.325 e. The zero-order chi connectivity index (χ0) is 16.9. The molecule has 0 aliphatic carbocycles. The summed E-state index contributed by atoms with van der Waals surface area (Å²) in [6, 6.07) is 17.0. The van der Waals surface area contributed by atoms with Gasteiger partial charge in [-0.1, -0.05) is 47.8 Å². The molecule has 6 heteroatoms. The maximum atomic E-state index is 12.4. The molecule has 0 fully saturated rings. The van der Waals surface area contributed by atoms with E-state index in [1.807, 2.05) is 25.1 Å². The van der Waals surface area contributed by atoms with Crippen molar-refractivity contribution in [2.24, 2.45) is 4.99 Å². The molecule has 1 atom stereocenters. The molecule has 0 spiro atoms. The molecule has 3 rings (SSSR count). The van der Waals surface area contributed by atoms with Crippen molar-refractivity contribution in [1.29, 1.82) is 5.26 Å². The summed E-state index contributed by atoms with van der Waals surface area (Å²) in [4.78, 5) is 17.0. The minimum atomic E-state index is -0.271. The molecule has 2 aromatic carbocycles. The first-order valence-electron chi connectivity index (χ1n) is 7.43. The lowest BCUT2D eigenvalue weighted by atomic mass is 10.2. The summed E-state index contributed by atoms with van der Waals surface area (Å²) in [6.07, 6.45) is 0. The molecular formula is C18H15N3OS2. The van der Waals surface area contributed by atoms with Crippen molar-refractivity contribution < 1.29 is 4.79 Å². The van der Waals surface area contributed by atoms with Crippen LogP contribution < -0.4 is 5.32 Å². The quantitative estimate of drug-likeness (QED) is 0.879. The Balaban J connectivity index is 1.65. The maximum Gasteiger partial charge on any atom is 0.237 e. The van der Waals surface area contributed by atoms with Crippen LogP contribution in [0.1, 0.15) is 18.1 Å². The molecule has 1 unspecified atom stereocenters. The summed E-state index contributed by atoms with van der Waals surface area (Å²) in [7, 11) is 0. The van der Waals surface area contributed by atoms with Gasteiger partial charge in [0.15, 0.2) is 0 Å². The molecule has 0 saturated carbocycles. The Hall–Kier alpha value is -2.23. The third-order valence-electron chi connectivity index (χ3n) is 3.46. The third-order valence-corrected chi connectivity index (χ3v) is 5.76. The normalized spacial score (nSPS) is 14.1. The lowest BCUT2D eigenvalue weighted by molar-refractivity contribution is -0.115. The van der Waals surface area contributed by atoms with Crippen LogP contribution in [0.4, 0.5) is 11.4 Å². The van der Waals surface area contributed by atoms with Gasteiger partial charge in [0.25, 0.3) is 0 Å². The molecule has 1 aliphatic heterocycles. The van der Waals surface area contributed by atoms with E-state index >= 15 is 0 Å². The number of aliphatic imine (C=N–C) groups is 1. The molecule has 0 radical (unpaired) electrons. The SMILES string of the molecule is CC(SC1=Nc2ccccc2CS1)C(=O)Nc1cccc(C#N)c1. The van der Waals surface area contributed by atoms with Crippen molar-refractivity contribution in [2.75, 3.05) is 5.32 Å². The second-order valence-electron chi connectivity index (χ2n) is 5.24. The summed E-state index contributed by atoms with van der Waals surface area (Å²) < 4.78 is 0.905. The fraction of sp³-hybridized carbons (Fsp3) is 0.167. The van der Waals surface area contributed by atoms with Gasteiger partial charge in [-0.05, 0) is 36.8 Å². The molecule has 24 heavy (non-hydrogen) atoms. The highest BCUT2D eigenvalue weighted by molar-refractivity contribution is 8.39. The highest BCUT2D eigenvalue weighted by Gasteiger charge is 2.20. The number of nitriles is 1. The zero-order valence-electron chi connectivity index (χ0n) is 13.0. The number of rotatable bonds is 3. The van der Waals surface area contributed by atoms with Gasteiger partial charge >= 0.3 is 0 Å². The first-order chi connectivity index (χ1) is 11.7. The Morgan fingerprint density at radius 3 is 3.00 bits per heavy atom. The summed E-state index contributed by atoms with van der Waals surface area (Å²) >= 11 is 3.11. The van der Waals surface area contributed by atoms with Crippen LogP contribution in [0.2, 0.25) is 0 Å². The number of nitrogens with one attached hydrogen (secondary N) is 1. The summed E-state index contributed by atoms with van der Waals surface area (Å²) in [6.45, 7) is 1.86. The number of fused-ring (bicyclic) bond motifs is 1. The number of para-hydroxylation sites is 1. The van der Waals surface area contributed by atoms with Gasteiger partial charge in [-0.3, -0.25) is 4.79 Å². The molecule has 2 aromatic rings. The molecule has 1 N–H and O–H groups in total. The van der Waals surface area contributed by atoms with Gasteiger partial charge in [-0.15, -0.1) is 0 Å². The molecule has 120 valence electrons. The number of carbonyl (C=O) groups excluding carboxylic acids is 1. The van der Waals surface area contributed by atoms with Gasteiger partial charge in [-0.2, -0.15) is 5.26 Å². The standard InChI is InChI=1S/C18H15N3OS2/c1-12(17(22)20-15-7-4-5-13(9-15)10-19)24-18-21-16-8-3-2-6-14(16)11-23-18/h2-9,12H,11H2,1H3,(H,20,22). The second kappa shape index (κ2) is 7.56. The predicted molar refractivity (Wildman–Crippen MR) is 102 cm³/mol. The molecule has 4 nitrogen and oxygen atoms in total. The van der Waals surface area contributed by atoms with Crippen molar-refractivity contribution in [3.8, 4) is 6.07 Å². The molecule has 1 heterocycles. The van der Waals surface area contributed by atoms with E-state index in [9.17, 15) is 4.79 Å². The van der Waals surface area contributed by atoms with E-state index in [-0.39, 0.29) is 11.2 Å². The number of benzene rings is 2. The van der Waals surface area contributed by atoms with E-state index in [1.54, 1.807) is 36.0 Å². The second-order valence-corrected chi connectivity index (χ2v) is 7.79. The Morgan fingerprint density at radius 2 is 2.17 bits per heavy atom. The van der Waals surface area contributed by atoms with Crippen molar-refractivity contribution >= 4 is 45.2 Å². The minimum Gasteiger partial charge on any atom is -0.325 e. The highest BCUT2D eigenvalue weighted by Crippen LogP contribution is 2.35. The highest BCUT2D eigenvalue weighted by atomic mass is 32.2. The number of nitrogens with zero attached hydrogens (tertiary/aromatic N) is 2. The van der Waals surface area contributed by atoms with Gasteiger partial charge in [0.2, 0.25) is 5.91 Å². The summed E-state index contributed by atoms with van der Waals surface area (Å²) in [5.74, 6) is 0.776. The Bertz CT molecular complexity index is 842. The number of anilines is 1. The monoisotopic (exact) mass is 353 g/mol. The smallest absolute Gasteiger partial charge is 0.237 e. The van der Waals surface area contributed by atoms with Gasteiger partial charge in [0, 0.05) is 11.4 Å². The van der Waals surface area contributed by atoms with Crippen LogP contribution in [0.5, 0.6) is 0 Å².